The Morgan fingerprint density at radius 2 is 1.97 bits per heavy atom. The van der Waals surface area contributed by atoms with Gasteiger partial charge < -0.3 is 10.1 Å². The molecule has 1 amide bonds. The normalized spacial score (nSPS) is 16.7. The van der Waals surface area contributed by atoms with E-state index in [9.17, 15) is 23.9 Å². The number of pyridine rings is 1. The molecule has 1 fully saturated rings. The summed E-state index contributed by atoms with van der Waals surface area (Å²) >= 11 is 0. The smallest absolute Gasteiger partial charge is 0.333 e. The molecule has 4 N–H and O–H groups in total. The van der Waals surface area contributed by atoms with E-state index in [0.717, 1.165) is 9.13 Å². The van der Waals surface area contributed by atoms with Gasteiger partial charge in [-0.05, 0) is 25.0 Å². The van der Waals surface area contributed by atoms with E-state index < -0.39 is 30.1 Å². The highest BCUT2D eigenvalue weighted by Crippen LogP contribution is 2.30. The van der Waals surface area contributed by atoms with Crippen molar-refractivity contribution in [1.29, 1.82) is 0 Å². The Bertz CT molecular complexity index is 1560. The number of hydrogen-bond acceptors (Lipinski definition) is 11. The average molecular weight is 526 g/mol. The maximum absolute atomic E-state index is 13.2. The van der Waals surface area contributed by atoms with Crippen LogP contribution in [0.1, 0.15) is 24.7 Å². The van der Waals surface area contributed by atoms with Gasteiger partial charge in [-0.25, -0.2) is 29.1 Å². The first-order valence-electron chi connectivity index (χ1n) is 11.7. The van der Waals surface area contributed by atoms with Crippen LogP contribution in [-0.2, 0) is 17.8 Å². The van der Waals surface area contributed by atoms with Crippen molar-refractivity contribution in [2.24, 2.45) is 0 Å². The number of halogens is 1. The van der Waals surface area contributed by atoms with Crippen molar-refractivity contribution in [3.05, 3.63) is 57.6 Å². The molecule has 0 radical (unpaired) electrons. The van der Waals surface area contributed by atoms with Crippen molar-refractivity contribution in [3.8, 4) is 0 Å². The highest BCUT2D eigenvalue weighted by Gasteiger charge is 2.32. The molecule has 5 rings (SSSR count). The van der Waals surface area contributed by atoms with E-state index in [-0.39, 0.29) is 48.8 Å². The van der Waals surface area contributed by atoms with Crippen LogP contribution in [0, 0.1) is 0 Å². The van der Waals surface area contributed by atoms with E-state index in [0.29, 0.717) is 17.3 Å². The third-order valence-electron chi connectivity index (χ3n) is 6.22. The van der Waals surface area contributed by atoms with Gasteiger partial charge in [0, 0.05) is 13.1 Å². The maximum Gasteiger partial charge on any atom is 0.333 e. The van der Waals surface area contributed by atoms with Crippen molar-refractivity contribution < 1.29 is 14.3 Å². The molecule has 198 valence electrons. The van der Waals surface area contributed by atoms with E-state index in [1.54, 1.807) is 19.2 Å². The van der Waals surface area contributed by atoms with Crippen LogP contribution in [0.25, 0.3) is 11.2 Å². The number of hydrogen-bond donors (Lipinski definition) is 4. The zero-order valence-electron chi connectivity index (χ0n) is 20.2. The molecule has 1 saturated carbocycles. The van der Waals surface area contributed by atoms with Gasteiger partial charge in [0.1, 0.15) is 31.0 Å². The highest BCUT2D eigenvalue weighted by molar-refractivity contribution is 5.93. The quantitative estimate of drug-likeness (QED) is 0.211. The third kappa shape index (κ3) is 4.80. The number of amides is 1. The average Bonchev–Trinajstić information content (AvgIpc) is 3.34. The third-order valence-corrected chi connectivity index (χ3v) is 6.22. The van der Waals surface area contributed by atoms with Gasteiger partial charge in [0.2, 0.25) is 11.9 Å². The van der Waals surface area contributed by atoms with Crippen LogP contribution in [0.5, 0.6) is 0 Å². The molecule has 0 aromatic carbocycles. The number of aliphatic hydroxyl groups is 1. The van der Waals surface area contributed by atoms with E-state index in [4.69, 9.17) is 0 Å². The van der Waals surface area contributed by atoms with Crippen LogP contribution in [0.2, 0.25) is 0 Å². The van der Waals surface area contributed by atoms with Crippen molar-refractivity contribution in [3.63, 3.8) is 0 Å². The fourth-order valence-corrected chi connectivity index (χ4v) is 4.10. The van der Waals surface area contributed by atoms with Crippen molar-refractivity contribution in [2.45, 2.75) is 38.0 Å². The molecular weight excluding hydrogens is 501 g/mol. The molecule has 0 spiro atoms. The molecule has 0 bridgehead atoms. The second kappa shape index (κ2) is 10.3. The van der Waals surface area contributed by atoms with Gasteiger partial charge >= 0.3 is 5.69 Å². The van der Waals surface area contributed by atoms with Crippen LogP contribution in [0.4, 0.5) is 21.8 Å². The predicted molar refractivity (Wildman–Crippen MR) is 133 cm³/mol. The number of alkyl halides is 1. The van der Waals surface area contributed by atoms with E-state index in [1.165, 1.54) is 23.8 Å². The highest BCUT2D eigenvalue weighted by atomic mass is 19.1. The van der Waals surface area contributed by atoms with E-state index >= 15 is 0 Å². The van der Waals surface area contributed by atoms with Crippen molar-refractivity contribution >= 4 is 34.5 Å². The molecule has 15 nitrogen and oxygen atoms in total. The standard InChI is InChI=1S/C22H24FN11O4/c1-32(17(36)8-15-26-10-24-11-27-15)16-3-2-12(9-25-16)30-31-21-28-18-19(29-21)33(5-4-23)22(38)34(20(18)37)13-6-14(35)7-13/h2-3,9-11,13-14,30,35H,4-8H2,1H3,(H2,28,29,31). The molecule has 0 atom stereocenters. The molecule has 38 heavy (non-hydrogen) atoms. The number of anilines is 3. The second-order valence-corrected chi connectivity index (χ2v) is 8.70. The fraction of sp³-hybridized carbons (Fsp3) is 0.364. The molecule has 4 aromatic heterocycles. The fourth-order valence-electron chi connectivity index (χ4n) is 4.10. The summed E-state index contributed by atoms with van der Waals surface area (Å²) in [7, 11) is 1.58. The van der Waals surface area contributed by atoms with Crippen LogP contribution in [0.3, 0.4) is 0 Å². The minimum absolute atomic E-state index is 0.00911. The number of rotatable bonds is 9. The molecule has 0 unspecified atom stereocenters. The van der Waals surface area contributed by atoms with Crippen LogP contribution < -0.4 is 27.0 Å². The van der Waals surface area contributed by atoms with E-state index in [2.05, 4.69) is 40.8 Å². The molecular formula is C22H24FN11O4. The number of likely N-dealkylation sites (N-methyl/N-ethyl adjacent to an activating group) is 1. The lowest BCUT2D eigenvalue weighted by atomic mass is 9.89. The van der Waals surface area contributed by atoms with E-state index in [1.807, 2.05) is 0 Å². The zero-order valence-corrected chi connectivity index (χ0v) is 20.2. The van der Waals surface area contributed by atoms with Crippen molar-refractivity contribution in [2.75, 3.05) is 29.5 Å². The summed E-state index contributed by atoms with van der Waals surface area (Å²) in [4.78, 5) is 62.7. The number of hydrazine groups is 1. The van der Waals surface area contributed by atoms with Gasteiger partial charge in [0.25, 0.3) is 5.56 Å². The molecule has 1 aliphatic rings. The number of carbonyl (C=O) groups is 1. The first kappa shape index (κ1) is 24.9. The number of aliphatic hydroxyl groups excluding tert-OH is 1. The summed E-state index contributed by atoms with van der Waals surface area (Å²) in [5.41, 5.74) is 4.97. The Hall–Kier alpha value is -4.73. The Kier molecular flexibility index (Phi) is 6.78. The lowest BCUT2D eigenvalue weighted by molar-refractivity contribution is -0.117. The number of aromatic nitrogens is 8. The molecule has 1 aliphatic carbocycles. The molecule has 4 aromatic rings. The summed E-state index contributed by atoms with van der Waals surface area (Å²) < 4.78 is 15.4. The number of carbonyl (C=O) groups excluding carboxylic acids is 1. The molecule has 0 aliphatic heterocycles. The Morgan fingerprint density at radius 1 is 1.21 bits per heavy atom. The number of aryl methyl sites for hydroxylation is 1. The summed E-state index contributed by atoms with van der Waals surface area (Å²) in [6.07, 6.45) is 4.08. The predicted octanol–water partition coefficient (Wildman–Crippen LogP) is -0.224. The van der Waals surface area contributed by atoms with Crippen LogP contribution in [0.15, 0.2) is 40.6 Å². The SMILES string of the molecule is CN(C(=O)Cc1ncncn1)c1ccc(NNc2nc3c([nH]2)c(=O)n(C2CC(O)C2)c(=O)n3CCF)cn1. The first-order valence-corrected chi connectivity index (χ1v) is 11.7. The molecule has 0 saturated heterocycles. The minimum atomic E-state index is -0.821. The van der Waals surface area contributed by atoms with Gasteiger partial charge in [-0.2, -0.15) is 4.98 Å². The lowest BCUT2D eigenvalue weighted by Crippen LogP contribution is -2.47. The minimum Gasteiger partial charge on any atom is -0.393 e. The first-order chi connectivity index (χ1) is 18.4. The molecule has 16 heteroatoms. The largest absolute Gasteiger partial charge is 0.393 e. The van der Waals surface area contributed by atoms with Gasteiger partial charge in [-0.1, -0.05) is 0 Å². The number of H-pyrrole nitrogens is 1. The van der Waals surface area contributed by atoms with Crippen LogP contribution in [-0.4, -0.2) is 69.9 Å². The molecule has 4 heterocycles. The van der Waals surface area contributed by atoms with Gasteiger partial charge in [-0.15, -0.1) is 0 Å². The lowest BCUT2D eigenvalue weighted by Gasteiger charge is -2.32. The van der Waals surface area contributed by atoms with Gasteiger partial charge in [0.05, 0.1) is 31.0 Å². The number of nitrogens with zero attached hydrogens (tertiary/aromatic N) is 8. The Morgan fingerprint density at radius 3 is 2.63 bits per heavy atom. The van der Waals surface area contributed by atoms with Crippen molar-refractivity contribution in [1.82, 2.24) is 39.0 Å². The second-order valence-electron chi connectivity index (χ2n) is 8.70. The maximum atomic E-state index is 13.2. The number of fused-ring (bicyclic) bond motifs is 1. The van der Waals surface area contributed by atoms with Gasteiger partial charge in [0.15, 0.2) is 11.2 Å². The zero-order chi connectivity index (χ0) is 26.8. The summed E-state index contributed by atoms with van der Waals surface area (Å²) in [6.45, 7) is -1.09. The number of imidazole rings is 1. The summed E-state index contributed by atoms with van der Waals surface area (Å²) in [5.74, 6) is 0.602. The summed E-state index contributed by atoms with van der Waals surface area (Å²) in [5, 5.41) is 9.61. The Balaban J connectivity index is 1.30. The number of nitrogens with one attached hydrogen (secondary N) is 3. The number of aromatic amines is 1. The summed E-state index contributed by atoms with van der Waals surface area (Å²) in [6, 6.07) is 2.84. The topological polar surface area (TPSA) is 189 Å². The monoisotopic (exact) mass is 525 g/mol. The van der Waals surface area contributed by atoms with Crippen LogP contribution >= 0.6 is 0 Å². The Labute approximate surface area is 213 Å². The van der Waals surface area contributed by atoms with Gasteiger partial charge in [-0.3, -0.25) is 34.5 Å².